The van der Waals surface area contributed by atoms with Crippen LogP contribution in [-0.4, -0.2) is 36.0 Å². The van der Waals surface area contributed by atoms with Gasteiger partial charge >= 0.3 is 0 Å². The van der Waals surface area contributed by atoms with Crippen LogP contribution in [0.1, 0.15) is 38.3 Å². The highest BCUT2D eigenvalue weighted by molar-refractivity contribution is 5.56. The number of nitrogens with two attached hydrogens (primary N) is 1. The van der Waals surface area contributed by atoms with Gasteiger partial charge in [0.25, 0.3) is 0 Å². The number of rotatable bonds is 4. The Labute approximate surface area is 138 Å². The third-order valence-corrected chi connectivity index (χ3v) is 4.53. The maximum Gasteiger partial charge on any atom is 0.144 e. The molecule has 124 valence electrons. The average Bonchev–Trinajstić information content (AvgIpc) is 3.00. The lowest BCUT2D eigenvalue weighted by atomic mass is 10.0. The Morgan fingerprint density at radius 2 is 1.87 bits per heavy atom. The van der Waals surface area contributed by atoms with Gasteiger partial charge in [0, 0.05) is 19.1 Å². The van der Waals surface area contributed by atoms with Crippen molar-refractivity contribution in [2.24, 2.45) is 5.73 Å². The van der Waals surface area contributed by atoms with Crippen molar-refractivity contribution < 1.29 is 4.74 Å². The fraction of sp³-hybridized carbons (Fsp3) is 0.500. The lowest BCUT2D eigenvalue weighted by molar-refractivity contribution is 0.411. The number of anilines is 1. The Bertz CT molecular complexity index is 657. The van der Waals surface area contributed by atoms with Crippen molar-refractivity contribution in [2.45, 2.75) is 38.6 Å². The van der Waals surface area contributed by atoms with Crippen LogP contribution in [0.2, 0.25) is 0 Å². The Morgan fingerprint density at radius 3 is 2.52 bits per heavy atom. The molecule has 3 rings (SSSR count). The summed E-state index contributed by atoms with van der Waals surface area (Å²) in [5, 5.41) is 4.67. The number of para-hydroxylation sites is 2. The first kappa shape index (κ1) is 15.9. The van der Waals surface area contributed by atoms with E-state index in [9.17, 15) is 0 Å². The third-order valence-electron chi connectivity index (χ3n) is 4.53. The van der Waals surface area contributed by atoms with Crippen molar-refractivity contribution in [3.8, 4) is 11.4 Å². The number of hydrogen-bond donors (Lipinski definition) is 1. The topological polar surface area (TPSA) is 56.3 Å². The number of benzene rings is 1. The van der Waals surface area contributed by atoms with Crippen LogP contribution < -0.4 is 15.4 Å². The second-order valence-electron chi connectivity index (χ2n) is 6.48. The molecule has 1 aliphatic rings. The molecule has 0 radical (unpaired) electrons. The molecule has 0 bridgehead atoms. The summed E-state index contributed by atoms with van der Waals surface area (Å²) in [6.45, 7) is 6.42. The average molecular weight is 314 g/mol. The molecular weight excluding hydrogens is 288 g/mol. The Hall–Kier alpha value is -2.01. The van der Waals surface area contributed by atoms with Crippen LogP contribution in [0.15, 0.2) is 30.5 Å². The number of hydrogen-bond acceptors (Lipinski definition) is 4. The predicted molar refractivity (Wildman–Crippen MR) is 93.6 cm³/mol. The third kappa shape index (κ3) is 3.06. The van der Waals surface area contributed by atoms with Gasteiger partial charge in [0.05, 0.1) is 24.7 Å². The molecule has 2 heterocycles. The van der Waals surface area contributed by atoms with Crippen LogP contribution in [-0.2, 0) is 0 Å². The predicted octanol–water partition coefficient (Wildman–Crippen LogP) is 2.93. The van der Waals surface area contributed by atoms with Gasteiger partial charge in [0.1, 0.15) is 11.4 Å². The van der Waals surface area contributed by atoms with E-state index in [2.05, 4.69) is 23.8 Å². The van der Waals surface area contributed by atoms with Gasteiger partial charge < -0.3 is 15.4 Å². The molecule has 2 N–H and O–H groups in total. The lowest BCUT2D eigenvalue weighted by Crippen LogP contribution is -2.40. The normalized spacial score (nSPS) is 16.1. The van der Waals surface area contributed by atoms with E-state index in [1.165, 1.54) is 11.4 Å². The molecule has 1 fully saturated rings. The second kappa shape index (κ2) is 6.62. The molecule has 0 saturated carbocycles. The van der Waals surface area contributed by atoms with E-state index in [1.54, 1.807) is 7.11 Å². The van der Waals surface area contributed by atoms with Crippen LogP contribution >= 0.6 is 0 Å². The van der Waals surface area contributed by atoms with E-state index in [4.69, 9.17) is 10.5 Å². The highest BCUT2D eigenvalue weighted by Gasteiger charge is 2.24. The summed E-state index contributed by atoms with van der Waals surface area (Å²) in [4.78, 5) is 2.41. The van der Waals surface area contributed by atoms with Crippen molar-refractivity contribution in [1.29, 1.82) is 0 Å². The minimum atomic E-state index is 0.331. The Kier molecular flexibility index (Phi) is 4.57. The molecule has 1 aliphatic heterocycles. The number of piperidine rings is 1. The van der Waals surface area contributed by atoms with Crippen molar-refractivity contribution in [3.63, 3.8) is 0 Å². The van der Waals surface area contributed by atoms with Gasteiger partial charge in [-0.3, -0.25) is 0 Å². The van der Waals surface area contributed by atoms with Crippen LogP contribution in [0.3, 0.4) is 0 Å². The zero-order chi connectivity index (χ0) is 16.4. The van der Waals surface area contributed by atoms with E-state index in [1.807, 2.05) is 35.1 Å². The Balaban J connectivity index is 2.02. The minimum absolute atomic E-state index is 0.331. The highest BCUT2D eigenvalue weighted by Crippen LogP contribution is 2.33. The molecular formula is C18H26N4O. The van der Waals surface area contributed by atoms with Gasteiger partial charge in [-0.2, -0.15) is 5.10 Å². The zero-order valence-electron chi connectivity index (χ0n) is 14.2. The van der Waals surface area contributed by atoms with Crippen molar-refractivity contribution >= 4 is 5.69 Å². The second-order valence-corrected chi connectivity index (χ2v) is 6.48. The summed E-state index contributed by atoms with van der Waals surface area (Å²) in [5.74, 6) is 1.21. The van der Waals surface area contributed by atoms with Gasteiger partial charge in [-0.15, -0.1) is 0 Å². The molecule has 1 saturated heterocycles. The lowest BCUT2D eigenvalue weighted by Gasteiger charge is -2.32. The minimum Gasteiger partial charge on any atom is -0.494 e. The highest BCUT2D eigenvalue weighted by atomic mass is 16.5. The van der Waals surface area contributed by atoms with Crippen LogP contribution in [0.25, 0.3) is 5.69 Å². The van der Waals surface area contributed by atoms with Gasteiger partial charge in [0.15, 0.2) is 0 Å². The molecule has 5 heteroatoms. The van der Waals surface area contributed by atoms with E-state index in [0.29, 0.717) is 12.0 Å². The molecule has 2 aromatic rings. The number of methoxy groups -OCH3 is 1. The quantitative estimate of drug-likeness (QED) is 0.943. The van der Waals surface area contributed by atoms with Crippen molar-refractivity contribution in [3.05, 3.63) is 36.2 Å². The smallest absolute Gasteiger partial charge is 0.144 e. The summed E-state index contributed by atoms with van der Waals surface area (Å²) in [6.07, 6.45) is 4.06. The van der Waals surface area contributed by atoms with Crippen molar-refractivity contribution in [2.75, 3.05) is 25.1 Å². The van der Waals surface area contributed by atoms with Crippen LogP contribution in [0, 0.1) is 0 Å². The first-order valence-corrected chi connectivity index (χ1v) is 8.33. The van der Waals surface area contributed by atoms with Gasteiger partial charge in [-0.05, 0) is 30.9 Å². The zero-order valence-corrected chi connectivity index (χ0v) is 14.2. The van der Waals surface area contributed by atoms with E-state index < -0.39 is 0 Å². The molecule has 0 amide bonds. The monoisotopic (exact) mass is 314 g/mol. The van der Waals surface area contributed by atoms with Gasteiger partial charge in [0.2, 0.25) is 0 Å². The summed E-state index contributed by atoms with van der Waals surface area (Å²) in [7, 11) is 1.70. The SMILES string of the molecule is COc1ccccc1-n1ncc(N2CCC(N)CC2)c1C(C)C. The van der Waals surface area contributed by atoms with Crippen molar-refractivity contribution in [1.82, 2.24) is 9.78 Å². The fourth-order valence-electron chi connectivity index (χ4n) is 3.27. The standard InChI is InChI=1S/C18H26N4O/c1-13(2)18-16(21-10-8-14(19)9-11-21)12-20-22(18)15-6-4-5-7-17(15)23-3/h4-7,12-14H,8-11,19H2,1-3H3. The molecule has 1 aromatic heterocycles. The van der Waals surface area contributed by atoms with Gasteiger partial charge in [-0.1, -0.05) is 26.0 Å². The fourth-order valence-corrected chi connectivity index (χ4v) is 3.27. The molecule has 5 nitrogen and oxygen atoms in total. The summed E-state index contributed by atoms with van der Waals surface area (Å²) >= 11 is 0. The maximum absolute atomic E-state index is 6.04. The molecule has 0 atom stereocenters. The maximum atomic E-state index is 6.04. The van der Waals surface area contributed by atoms with E-state index in [0.717, 1.165) is 37.4 Å². The largest absolute Gasteiger partial charge is 0.494 e. The summed E-state index contributed by atoms with van der Waals surface area (Å²) < 4.78 is 7.53. The van der Waals surface area contributed by atoms with E-state index in [-0.39, 0.29) is 0 Å². The molecule has 23 heavy (non-hydrogen) atoms. The molecule has 1 aromatic carbocycles. The summed E-state index contributed by atoms with van der Waals surface area (Å²) in [6, 6.07) is 8.35. The first-order valence-electron chi connectivity index (χ1n) is 8.33. The number of aromatic nitrogens is 2. The van der Waals surface area contributed by atoms with Crippen LogP contribution in [0.4, 0.5) is 5.69 Å². The number of ether oxygens (including phenoxy) is 1. The van der Waals surface area contributed by atoms with Crippen LogP contribution in [0.5, 0.6) is 5.75 Å². The molecule has 0 spiro atoms. The molecule has 0 aliphatic carbocycles. The van der Waals surface area contributed by atoms with Gasteiger partial charge in [-0.25, -0.2) is 4.68 Å². The number of nitrogens with zero attached hydrogens (tertiary/aromatic N) is 3. The summed E-state index contributed by atoms with van der Waals surface area (Å²) in [5.41, 5.74) is 9.47. The Morgan fingerprint density at radius 1 is 1.17 bits per heavy atom. The molecule has 0 unspecified atom stereocenters. The van der Waals surface area contributed by atoms with E-state index >= 15 is 0 Å². The first-order chi connectivity index (χ1) is 11.1.